The van der Waals surface area contributed by atoms with Crippen LogP contribution in [0.25, 0.3) is 0 Å². The van der Waals surface area contributed by atoms with E-state index in [1.54, 1.807) is 41.3 Å². The fraction of sp³-hybridized carbons (Fsp3) is 0.394. The van der Waals surface area contributed by atoms with Crippen molar-refractivity contribution in [2.75, 3.05) is 30.3 Å². The number of amides is 2. The van der Waals surface area contributed by atoms with E-state index in [1.165, 1.54) is 4.31 Å². The number of sulfonamides is 1. The number of rotatable bonds is 12. The van der Waals surface area contributed by atoms with E-state index in [0.29, 0.717) is 41.8 Å². The van der Waals surface area contributed by atoms with Crippen LogP contribution in [0.15, 0.2) is 72.8 Å². The molecule has 11 heteroatoms. The summed E-state index contributed by atoms with van der Waals surface area (Å²) in [7, 11) is -3.67. The summed E-state index contributed by atoms with van der Waals surface area (Å²) < 4.78 is 38.1. The van der Waals surface area contributed by atoms with Crippen LogP contribution in [0.1, 0.15) is 44.7 Å². The molecule has 1 aliphatic rings. The highest BCUT2D eigenvalue weighted by Gasteiger charge is 2.32. The number of nitrogens with zero attached hydrogens (tertiary/aromatic N) is 2. The Kier molecular flexibility index (Phi) is 10.8. The highest BCUT2D eigenvalue weighted by Crippen LogP contribution is 2.35. The van der Waals surface area contributed by atoms with Crippen molar-refractivity contribution in [3.63, 3.8) is 0 Å². The minimum atomic E-state index is -3.67. The van der Waals surface area contributed by atoms with E-state index in [2.05, 4.69) is 5.32 Å². The molecule has 1 aliphatic heterocycles. The first kappa shape index (κ1) is 33.1. The maximum Gasteiger partial charge on any atom is 0.243 e. The second kappa shape index (κ2) is 14.3. The first-order valence-electron chi connectivity index (χ1n) is 14.6. The SMILES string of the molecule is CC(C)(C)NC(=O)[C@@H](Cc1ccccc1)N(Cc1cccc(Cl)c1)C(=O)CCCN(c1ccc2c(c1)OCCO2)S(C)(=O)=O. The van der Waals surface area contributed by atoms with Crippen LogP contribution in [0.5, 0.6) is 11.5 Å². The van der Waals surface area contributed by atoms with Gasteiger partial charge in [-0.25, -0.2) is 8.42 Å². The molecule has 1 atom stereocenters. The van der Waals surface area contributed by atoms with E-state index < -0.39 is 21.6 Å². The lowest BCUT2D eigenvalue weighted by molar-refractivity contribution is -0.142. The molecule has 1 heterocycles. The third kappa shape index (κ3) is 9.37. The molecule has 0 saturated carbocycles. The van der Waals surface area contributed by atoms with Gasteiger partial charge < -0.3 is 19.7 Å². The standard InChI is InChI=1S/C33H40ClN3O6S/c1-33(2,3)35-32(39)28(21-24-10-6-5-7-11-24)36(23-25-12-8-13-26(34)20-25)31(38)14-9-17-37(44(4,40)41)27-15-16-29-30(22-27)43-19-18-42-29/h5-8,10-13,15-16,20,22,28H,9,14,17-19,21,23H2,1-4H3,(H,35,39)/t28-/m1/s1. The topological polar surface area (TPSA) is 105 Å². The average Bonchev–Trinajstić information content (AvgIpc) is 2.96. The Hall–Kier alpha value is -3.76. The van der Waals surface area contributed by atoms with E-state index in [9.17, 15) is 18.0 Å². The van der Waals surface area contributed by atoms with Crippen LogP contribution < -0.4 is 19.1 Å². The maximum absolute atomic E-state index is 14.0. The van der Waals surface area contributed by atoms with Gasteiger partial charge in [-0.1, -0.05) is 54.1 Å². The van der Waals surface area contributed by atoms with Crippen LogP contribution in [0.3, 0.4) is 0 Å². The van der Waals surface area contributed by atoms with Gasteiger partial charge in [-0.3, -0.25) is 13.9 Å². The fourth-order valence-electron chi connectivity index (χ4n) is 5.03. The molecule has 236 valence electrons. The minimum Gasteiger partial charge on any atom is -0.486 e. The van der Waals surface area contributed by atoms with Crippen molar-refractivity contribution in [2.24, 2.45) is 0 Å². The summed E-state index contributed by atoms with van der Waals surface area (Å²) in [6.45, 7) is 6.70. The molecule has 0 aliphatic carbocycles. The minimum absolute atomic E-state index is 0.0191. The quantitative estimate of drug-likeness (QED) is 0.291. The lowest BCUT2D eigenvalue weighted by Crippen LogP contribution is -2.54. The van der Waals surface area contributed by atoms with Gasteiger partial charge in [0.15, 0.2) is 11.5 Å². The number of halogens is 1. The van der Waals surface area contributed by atoms with Gasteiger partial charge in [0.1, 0.15) is 19.3 Å². The third-order valence-corrected chi connectivity index (χ3v) is 8.41. The summed E-state index contributed by atoms with van der Waals surface area (Å²) in [5.74, 6) is 0.481. The Labute approximate surface area is 265 Å². The van der Waals surface area contributed by atoms with Gasteiger partial charge in [0, 0.05) is 42.6 Å². The van der Waals surface area contributed by atoms with Crippen molar-refractivity contribution in [3.8, 4) is 11.5 Å². The van der Waals surface area contributed by atoms with Gasteiger partial charge >= 0.3 is 0 Å². The van der Waals surface area contributed by atoms with Crippen molar-refractivity contribution >= 4 is 39.1 Å². The van der Waals surface area contributed by atoms with Crippen molar-refractivity contribution in [3.05, 3.63) is 88.9 Å². The Morgan fingerprint density at radius 3 is 2.27 bits per heavy atom. The zero-order valence-corrected chi connectivity index (χ0v) is 27.2. The van der Waals surface area contributed by atoms with Gasteiger partial charge in [0.05, 0.1) is 11.9 Å². The zero-order chi connectivity index (χ0) is 31.9. The second-order valence-electron chi connectivity index (χ2n) is 11.9. The molecule has 0 spiro atoms. The molecular weight excluding hydrogens is 602 g/mol. The van der Waals surface area contributed by atoms with Gasteiger partial charge in [-0.2, -0.15) is 0 Å². The summed E-state index contributed by atoms with van der Waals surface area (Å²) in [5.41, 5.74) is 1.59. The number of hydrogen-bond acceptors (Lipinski definition) is 6. The summed E-state index contributed by atoms with van der Waals surface area (Å²) in [5, 5.41) is 3.57. The van der Waals surface area contributed by atoms with E-state index in [1.807, 2.05) is 57.2 Å². The first-order valence-corrected chi connectivity index (χ1v) is 16.8. The van der Waals surface area contributed by atoms with Crippen molar-refractivity contribution in [2.45, 2.75) is 58.2 Å². The van der Waals surface area contributed by atoms with E-state index in [-0.39, 0.29) is 37.7 Å². The molecule has 4 rings (SSSR count). The van der Waals surface area contributed by atoms with Crippen molar-refractivity contribution < 1.29 is 27.5 Å². The lowest BCUT2D eigenvalue weighted by atomic mass is 10.00. The number of benzene rings is 3. The van der Waals surface area contributed by atoms with Crippen LogP contribution in [0, 0.1) is 0 Å². The smallest absolute Gasteiger partial charge is 0.243 e. The molecule has 0 saturated heterocycles. The summed E-state index contributed by atoms with van der Waals surface area (Å²) in [6, 6.07) is 20.9. The van der Waals surface area contributed by atoms with Crippen molar-refractivity contribution in [1.29, 1.82) is 0 Å². The number of carbonyl (C=O) groups is 2. The van der Waals surface area contributed by atoms with Gasteiger partial charge in [-0.15, -0.1) is 0 Å². The molecule has 3 aromatic carbocycles. The molecule has 0 aromatic heterocycles. The molecule has 3 aromatic rings. The normalized spacial score (nSPS) is 13.6. The molecule has 0 radical (unpaired) electrons. The highest BCUT2D eigenvalue weighted by atomic mass is 35.5. The number of ether oxygens (including phenoxy) is 2. The molecule has 0 bridgehead atoms. The summed E-state index contributed by atoms with van der Waals surface area (Å²) in [6.07, 6.45) is 1.68. The Bertz CT molecular complexity index is 1560. The van der Waals surface area contributed by atoms with Crippen molar-refractivity contribution in [1.82, 2.24) is 10.2 Å². The monoisotopic (exact) mass is 641 g/mol. The number of fused-ring (bicyclic) bond motifs is 1. The van der Waals surface area contributed by atoms with E-state index >= 15 is 0 Å². The molecule has 0 fully saturated rings. The first-order chi connectivity index (χ1) is 20.8. The van der Waals surface area contributed by atoms with E-state index in [4.69, 9.17) is 21.1 Å². The zero-order valence-electron chi connectivity index (χ0n) is 25.6. The Morgan fingerprint density at radius 1 is 0.932 bits per heavy atom. The van der Waals surface area contributed by atoms with Gasteiger partial charge in [0.2, 0.25) is 21.8 Å². The maximum atomic E-state index is 14.0. The molecule has 1 N–H and O–H groups in total. The number of hydrogen-bond donors (Lipinski definition) is 1. The molecule has 9 nitrogen and oxygen atoms in total. The second-order valence-corrected chi connectivity index (χ2v) is 14.2. The van der Waals surface area contributed by atoms with Crippen LogP contribution in [0.2, 0.25) is 5.02 Å². The lowest BCUT2D eigenvalue weighted by Gasteiger charge is -2.34. The Morgan fingerprint density at radius 2 is 1.61 bits per heavy atom. The van der Waals surface area contributed by atoms with Crippen LogP contribution >= 0.6 is 11.6 Å². The average molecular weight is 642 g/mol. The summed E-state index contributed by atoms with van der Waals surface area (Å²) >= 11 is 6.27. The highest BCUT2D eigenvalue weighted by molar-refractivity contribution is 7.92. The van der Waals surface area contributed by atoms with E-state index in [0.717, 1.165) is 17.4 Å². The molecule has 44 heavy (non-hydrogen) atoms. The van der Waals surface area contributed by atoms with Crippen LogP contribution in [-0.4, -0.2) is 62.7 Å². The number of carbonyl (C=O) groups excluding carboxylic acids is 2. The number of anilines is 1. The van der Waals surface area contributed by atoms with Gasteiger partial charge in [0.25, 0.3) is 0 Å². The van der Waals surface area contributed by atoms with Crippen LogP contribution in [-0.2, 0) is 32.6 Å². The molecular formula is C33H40ClN3O6S. The number of nitrogens with one attached hydrogen (secondary N) is 1. The molecule has 0 unspecified atom stereocenters. The predicted octanol–water partition coefficient (Wildman–Crippen LogP) is 5.21. The summed E-state index contributed by atoms with van der Waals surface area (Å²) in [4.78, 5) is 29.3. The van der Waals surface area contributed by atoms with Crippen LogP contribution in [0.4, 0.5) is 5.69 Å². The largest absolute Gasteiger partial charge is 0.486 e. The fourth-order valence-corrected chi connectivity index (χ4v) is 6.20. The Balaban J connectivity index is 1.59. The third-order valence-electron chi connectivity index (χ3n) is 6.98. The van der Waals surface area contributed by atoms with Gasteiger partial charge in [-0.05, 0) is 62.6 Å². The predicted molar refractivity (Wildman–Crippen MR) is 173 cm³/mol. The molecule has 2 amide bonds.